The van der Waals surface area contributed by atoms with E-state index in [1.807, 2.05) is 6.07 Å². The molecule has 0 heterocycles. The minimum atomic E-state index is -0.642. The highest BCUT2D eigenvalue weighted by Gasteiger charge is 2.17. The van der Waals surface area contributed by atoms with Gasteiger partial charge >= 0.3 is 5.97 Å². The monoisotopic (exact) mass is 223 g/mol. The highest BCUT2D eigenvalue weighted by Crippen LogP contribution is 2.19. The van der Waals surface area contributed by atoms with Crippen LogP contribution in [0.15, 0.2) is 24.3 Å². The van der Waals surface area contributed by atoms with E-state index in [9.17, 15) is 4.79 Å². The molecule has 0 aliphatic rings. The lowest BCUT2D eigenvalue weighted by Gasteiger charge is -2.13. The quantitative estimate of drug-likeness (QED) is 0.596. The fourth-order valence-electron chi connectivity index (χ4n) is 1.29. The van der Waals surface area contributed by atoms with Crippen molar-refractivity contribution in [3.63, 3.8) is 0 Å². The normalized spacial score (nSPS) is 14.2. The molecule has 0 radical (unpaired) electrons. The van der Waals surface area contributed by atoms with Crippen LogP contribution in [0.5, 0.6) is 0 Å². The van der Waals surface area contributed by atoms with Crippen LogP contribution in [0.1, 0.15) is 25.3 Å². The summed E-state index contributed by atoms with van der Waals surface area (Å²) in [7, 11) is 0. The molecule has 0 amide bonds. The third-order valence-electron chi connectivity index (χ3n) is 2.23. The molecule has 16 heavy (non-hydrogen) atoms. The summed E-state index contributed by atoms with van der Waals surface area (Å²) in [4.78, 5) is 11.6. The van der Waals surface area contributed by atoms with Crippen LogP contribution >= 0.6 is 0 Å². The van der Waals surface area contributed by atoms with E-state index in [-0.39, 0.29) is 18.5 Å². The fourth-order valence-corrected chi connectivity index (χ4v) is 1.29. The topological polar surface area (TPSA) is 72.5 Å². The molecular weight excluding hydrogens is 206 g/mol. The van der Waals surface area contributed by atoms with Crippen molar-refractivity contribution < 1.29 is 14.6 Å². The van der Waals surface area contributed by atoms with Gasteiger partial charge in [0, 0.05) is 5.69 Å². The van der Waals surface area contributed by atoms with Gasteiger partial charge in [-0.2, -0.15) is 0 Å². The van der Waals surface area contributed by atoms with Gasteiger partial charge in [0.25, 0.3) is 0 Å². The van der Waals surface area contributed by atoms with Crippen LogP contribution in [0, 0.1) is 0 Å². The Labute approximate surface area is 95.0 Å². The van der Waals surface area contributed by atoms with Gasteiger partial charge in [0.05, 0.1) is 12.0 Å². The number of aliphatic hydroxyl groups excluding tert-OH is 1. The van der Waals surface area contributed by atoms with Gasteiger partial charge in [-0.1, -0.05) is 12.1 Å². The van der Waals surface area contributed by atoms with E-state index in [1.165, 1.54) is 0 Å². The highest BCUT2D eigenvalue weighted by molar-refractivity contribution is 5.78. The van der Waals surface area contributed by atoms with Crippen molar-refractivity contribution in [1.82, 2.24) is 0 Å². The van der Waals surface area contributed by atoms with Crippen molar-refractivity contribution in [3.05, 3.63) is 29.8 Å². The summed E-state index contributed by atoms with van der Waals surface area (Å²) < 4.78 is 4.93. The first-order valence-corrected chi connectivity index (χ1v) is 5.21. The average Bonchev–Trinajstić information content (AvgIpc) is 2.24. The van der Waals surface area contributed by atoms with Crippen LogP contribution in [0.4, 0.5) is 5.69 Å². The molecule has 4 nitrogen and oxygen atoms in total. The number of benzene rings is 1. The molecule has 4 heteroatoms. The van der Waals surface area contributed by atoms with E-state index in [4.69, 9.17) is 15.6 Å². The number of carbonyl (C=O) groups is 1. The molecule has 2 atom stereocenters. The number of anilines is 1. The van der Waals surface area contributed by atoms with E-state index in [1.54, 1.807) is 32.0 Å². The maximum Gasteiger partial charge on any atom is 0.313 e. The van der Waals surface area contributed by atoms with Gasteiger partial charge in [0.2, 0.25) is 0 Å². The number of hydrogen-bond donors (Lipinski definition) is 2. The Morgan fingerprint density at radius 1 is 1.50 bits per heavy atom. The molecule has 1 rings (SSSR count). The zero-order valence-corrected chi connectivity index (χ0v) is 9.51. The van der Waals surface area contributed by atoms with E-state index < -0.39 is 6.10 Å². The Kier molecular flexibility index (Phi) is 4.31. The summed E-state index contributed by atoms with van der Waals surface area (Å²) in [5.41, 5.74) is 7.06. The number of nitrogen functional groups attached to an aromatic ring is 1. The second kappa shape index (κ2) is 5.51. The first-order valence-electron chi connectivity index (χ1n) is 5.21. The van der Waals surface area contributed by atoms with E-state index in [0.29, 0.717) is 5.69 Å². The minimum absolute atomic E-state index is 0.0193. The lowest BCUT2D eigenvalue weighted by atomic mass is 10.0. The van der Waals surface area contributed by atoms with Crippen molar-refractivity contribution in [1.29, 1.82) is 0 Å². The van der Waals surface area contributed by atoms with Crippen LogP contribution in [0.25, 0.3) is 0 Å². The number of hydrogen-bond acceptors (Lipinski definition) is 4. The van der Waals surface area contributed by atoms with Gasteiger partial charge in [-0.25, -0.2) is 0 Å². The molecule has 2 unspecified atom stereocenters. The van der Waals surface area contributed by atoms with Crippen LogP contribution in [-0.2, 0) is 9.53 Å². The summed E-state index contributed by atoms with van der Waals surface area (Å²) in [5, 5.41) is 9.00. The Bertz CT molecular complexity index is 363. The maximum atomic E-state index is 11.6. The van der Waals surface area contributed by atoms with Crippen LogP contribution in [0.2, 0.25) is 0 Å². The predicted octanol–water partition coefficient (Wildman–Crippen LogP) is 1.30. The van der Waals surface area contributed by atoms with Gasteiger partial charge in [-0.3, -0.25) is 4.79 Å². The second-order valence-corrected chi connectivity index (χ2v) is 3.87. The van der Waals surface area contributed by atoms with Gasteiger partial charge in [-0.05, 0) is 31.5 Å². The minimum Gasteiger partial charge on any atom is -0.462 e. The van der Waals surface area contributed by atoms with Crippen molar-refractivity contribution in [2.24, 2.45) is 0 Å². The third kappa shape index (κ3) is 3.55. The van der Waals surface area contributed by atoms with Crippen LogP contribution in [-0.4, -0.2) is 23.8 Å². The summed E-state index contributed by atoms with van der Waals surface area (Å²) >= 11 is 0. The zero-order valence-electron chi connectivity index (χ0n) is 9.51. The lowest BCUT2D eigenvalue weighted by molar-refractivity contribution is -0.147. The molecule has 0 bridgehead atoms. The highest BCUT2D eigenvalue weighted by atomic mass is 16.5. The van der Waals surface area contributed by atoms with Crippen molar-refractivity contribution in [3.8, 4) is 0 Å². The number of ether oxygens (including phenoxy) is 1. The Balaban J connectivity index is 2.63. The van der Waals surface area contributed by atoms with Crippen molar-refractivity contribution in [2.45, 2.75) is 25.9 Å². The smallest absolute Gasteiger partial charge is 0.313 e. The average molecular weight is 223 g/mol. The molecule has 0 fully saturated rings. The molecule has 1 aromatic rings. The number of nitrogens with two attached hydrogens (primary N) is 1. The van der Waals surface area contributed by atoms with Crippen LogP contribution < -0.4 is 5.73 Å². The molecule has 0 aromatic heterocycles. The number of aliphatic hydroxyl groups is 1. The summed E-state index contributed by atoms with van der Waals surface area (Å²) in [6.07, 6.45) is -0.642. The fraction of sp³-hybridized carbons (Fsp3) is 0.417. The Morgan fingerprint density at radius 2 is 2.19 bits per heavy atom. The summed E-state index contributed by atoms with van der Waals surface area (Å²) in [5.74, 6) is -0.728. The van der Waals surface area contributed by atoms with Gasteiger partial charge < -0.3 is 15.6 Å². The Morgan fingerprint density at radius 3 is 2.75 bits per heavy atom. The number of rotatable bonds is 4. The van der Waals surface area contributed by atoms with E-state index >= 15 is 0 Å². The SMILES string of the molecule is CC(O)COC(=O)C(C)c1cccc(N)c1. The first kappa shape index (κ1) is 12.5. The third-order valence-corrected chi connectivity index (χ3v) is 2.23. The molecular formula is C12H17NO3. The Hall–Kier alpha value is -1.55. The zero-order chi connectivity index (χ0) is 12.1. The second-order valence-electron chi connectivity index (χ2n) is 3.87. The summed E-state index contributed by atoms with van der Waals surface area (Å²) in [6, 6.07) is 7.12. The standard InChI is InChI=1S/C12H17NO3/c1-8(14)7-16-12(15)9(2)10-4-3-5-11(13)6-10/h3-6,8-9,14H,7,13H2,1-2H3. The predicted molar refractivity (Wildman–Crippen MR) is 61.9 cm³/mol. The van der Waals surface area contributed by atoms with Gasteiger partial charge in [-0.15, -0.1) is 0 Å². The van der Waals surface area contributed by atoms with E-state index in [0.717, 1.165) is 5.56 Å². The number of esters is 1. The largest absolute Gasteiger partial charge is 0.462 e. The molecule has 88 valence electrons. The maximum absolute atomic E-state index is 11.6. The van der Waals surface area contributed by atoms with E-state index in [2.05, 4.69) is 0 Å². The number of carbonyl (C=O) groups excluding carboxylic acids is 1. The summed E-state index contributed by atoms with van der Waals surface area (Å²) in [6.45, 7) is 3.34. The first-order chi connectivity index (χ1) is 7.50. The van der Waals surface area contributed by atoms with Gasteiger partial charge in [0.1, 0.15) is 6.61 Å². The molecule has 0 spiro atoms. The molecule has 0 aliphatic carbocycles. The molecule has 1 aromatic carbocycles. The molecule has 0 saturated carbocycles. The van der Waals surface area contributed by atoms with Gasteiger partial charge in [0.15, 0.2) is 0 Å². The van der Waals surface area contributed by atoms with Crippen molar-refractivity contribution in [2.75, 3.05) is 12.3 Å². The van der Waals surface area contributed by atoms with Crippen molar-refractivity contribution >= 4 is 11.7 Å². The molecule has 0 saturated heterocycles. The lowest BCUT2D eigenvalue weighted by Crippen LogP contribution is -2.19. The van der Waals surface area contributed by atoms with Crippen LogP contribution in [0.3, 0.4) is 0 Å². The molecule has 0 aliphatic heterocycles. The molecule has 3 N–H and O–H groups in total.